The summed E-state index contributed by atoms with van der Waals surface area (Å²) in [7, 11) is 0. The molecule has 2 atom stereocenters. The van der Waals surface area contributed by atoms with Gasteiger partial charge in [-0.2, -0.15) is 9.90 Å². The number of aromatic nitrogens is 7. The molecule has 0 radical (unpaired) electrons. The fourth-order valence-corrected chi connectivity index (χ4v) is 4.82. The Morgan fingerprint density at radius 2 is 1.84 bits per heavy atom. The molecule has 2 aromatic heterocycles. The highest BCUT2D eigenvalue weighted by Gasteiger charge is 2.41. The highest BCUT2D eigenvalue weighted by Crippen LogP contribution is 2.36. The lowest BCUT2D eigenvalue weighted by Crippen LogP contribution is -2.47. The molecule has 10 nitrogen and oxygen atoms in total. The first-order chi connectivity index (χ1) is 18.3. The van der Waals surface area contributed by atoms with E-state index < -0.39 is 23.3 Å². The number of nitrogens with zero attached hydrogens (tertiary/aromatic N) is 9. The third-order valence-electron chi connectivity index (χ3n) is 6.99. The molecule has 0 saturated carbocycles. The van der Waals surface area contributed by atoms with Crippen LogP contribution in [0.1, 0.15) is 24.4 Å². The van der Waals surface area contributed by atoms with Gasteiger partial charge in [0.25, 0.3) is 0 Å². The molecule has 1 N–H and O–H groups in total. The molecule has 4 aromatic rings. The number of hydrogen-bond acceptors (Lipinski definition) is 8. The highest BCUT2D eigenvalue weighted by atomic mass is 35.5. The largest absolute Gasteiger partial charge is 0.381 e. The Hall–Kier alpha value is -3.48. The van der Waals surface area contributed by atoms with E-state index in [0.29, 0.717) is 12.2 Å². The predicted molar refractivity (Wildman–Crippen MR) is 137 cm³/mol. The number of piperazine rings is 1. The molecule has 13 heteroatoms. The van der Waals surface area contributed by atoms with E-state index in [9.17, 15) is 13.9 Å². The minimum atomic E-state index is -1.86. The van der Waals surface area contributed by atoms with Crippen molar-refractivity contribution in [3.63, 3.8) is 0 Å². The van der Waals surface area contributed by atoms with Crippen LogP contribution >= 0.6 is 11.6 Å². The third-order valence-corrected chi connectivity index (χ3v) is 7.24. The molecule has 2 aromatic carbocycles. The average molecular weight is 544 g/mol. The Morgan fingerprint density at radius 1 is 1.08 bits per heavy atom. The van der Waals surface area contributed by atoms with Gasteiger partial charge in [0.1, 0.15) is 35.9 Å². The minimum Gasteiger partial charge on any atom is -0.381 e. The number of aliphatic hydroxyl groups is 1. The Balaban J connectivity index is 1.24. The molecule has 5 rings (SSSR count). The summed E-state index contributed by atoms with van der Waals surface area (Å²) < 4.78 is 29.8. The molecule has 0 unspecified atom stereocenters. The Bertz CT molecular complexity index is 1340. The number of rotatable bonds is 9. The first kappa shape index (κ1) is 26.1. The van der Waals surface area contributed by atoms with Gasteiger partial charge in [-0.3, -0.25) is 4.90 Å². The normalized spacial score (nSPS) is 16.9. The summed E-state index contributed by atoms with van der Waals surface area (Å²) >= 11 is 6.00. The second kappa shape index (κ2) is 11.1. The summed E-state index contributed by atoms with van der Waals surface area (Å²) in [5.41, 5.74) is -0.801. The van der Waals surface area contributed by atoms with Gasteiger partial charge in [-0.15, -0.1) is 10.2 Å². The molecule has 3 heterocycles. The van der Waals surface area contributed by atoms with Crippen LogP contribution < -0.4 is 4.90 Å². The Labute approximate surface area is 223 Å². The predicted octanol–water partition coefficient (Wildman–Crippen LogP) is 2.71. The molecule has 1 saturated heterocycles. The molecule has 0 spiro atoms. The molecule has 0 bridgehead atoms. The zero-order valence-electron chi connectivity index (χ0n) is 20.8. The summed E-state index contributed by atoms with van der Waals surface area (Å²) in [5, 5.41) is 29.3. The lowest BCUT2D eigenvalue weighted by molar-refractivity contribution is -0.0418. The first-order valence-electron chi connectivity index (χ1n) is 12.3. The highest BCUT2D eigenvalue weighted by molar-refractivity contribution is 6.30. The smallest absolute Gasteiger partial charge is 0.176 e. The molecule has 1 fully saturated rings. The van der Waals surface area contributed by atoms with Gasteiger partial charge in [-0.05, 0) is 42.5 Å². The van der Waals surface area contributed by atoms with E-state index in [1.54, 1.807) is 6.92 Å². The van der Waals surface area contributed by atoms with Crippen LogP contribution in [0.25, 0.3) is 0 Å². The zero-order valence-corrected chi connectivity index (χ0v) is 21.6. The van der Waals surface area contributed by atoms with Gasteiger partial charge in [-0.1, -0.05) is 17.7 Å². The zero-order chi connectivity index (χ0) is 26.7. The standard InChI is InChI=1S/C25H28ClF2N9O/c1-18(25(38,15-36-17-29-16-30-36)22-7-4-20(27)14-23(22)28)37-32-24(31-33-37)8-9-34-10-12-35(13-11-34)21-5-2-19(26)3-6-21/h2-7,14,16-18,38H,8-13,15H2,1H3/t18-,25+/m0/s1. The van der Waals surface area contributed by atoms with Gasteiger partial charge in [0, 0.05) is 61.5 Å². The average Bonchev–Trinajstić information content (AvgIpc) is 3.60. The van der Waals surface area contributed by atoms with E-state index in [-0.39, 0.29) is 12.1 Å². The Kier molecular flexibility index (Phi) is 7.63. The number of anilines is 1. The Morgan fingerprint density at radius 3 is 2.53 bits per heavy atom. The number of hydrogen-bond donors (Lipinski definition) is 1. The quantitative estimate of drug-likeness (QED) is 0.344. The maximum Gasteiger partial charge on any atom is 0.176 e. The van der Waals surface area contributed by atoms with Gasteiger partial charge < -0.3 is 10.0 Å². The van der Waals surface area contributed by atoms with Crippen molar-refractivity contribution in [1.29, 1.82) is 0 Å². The van der Waals surface area contributed by atoms with Crippen molar-refractivity contribution in [3.05, 3.63) is 83.2 Å². The SMILES string of the molecule is C[C@H](n1nnc(CCN2CCN(c3ccc(Cl)cc3)CC2)n1)[C@](O)(Cn1cncn1)c1ccc(F)cc1F. The van der Waals surface area contributed by atoms with E-state index in [1.807, 2.05) is 24.3 Å². The first-order valence-corrected chi connectivity index (χ1v) is 12.7. The van der Waals surface area contributed by atoms with Gasteiger partial charge >= 0.3 is 0 Å². The van der Waals surface area contributed by atoms with Crippen LogP contribution in [0.4, 0.5) is 14.5 Å². The van der Waals surface area contributed by atoms with E-state index in [1.165, 1.54) is 28.2 Å². The fourth-order valence-electron chi connectivity index (χ4n) is 4.69. The van der Waals surface area contributed by atoms with E-state index >= 15 is 0 Å². The minimum absolute atomic E-state index is 0.0979. The second-order valence-corrected chi connectivity index (χ2v) is 9.84. The van der Waals surface area contributed by atoms with Crippen molar-refractivity contribution in [2.45, 2.75) is 31.5 Å². The molecule has 38 heavy (non-hydrogen) atoms. The lowest BCUT2D eigenvalue weighted by Gasteiger charge is -2.36. The fraction of sp³-hybridized carbons (Fsp3) is 0.400. The molecule has 0 amide bonds. The number of halogens is 3. The van der Waals surface area contributed by atoms with E-state index in [0.717, 1.165) is 55.6 Å². The van der Waals surface area contributed by atoms with Crippen LogP contribution in [-0.2, 0) is 18.6 Å². The molecule has 200 valence electrons. The number of tetrazole rings is 1. The molecular formula is C25H28ClF2N9O. The van der Waals surface area contributed by atoms with Crippen molar-refractivity contribution in [3.8, 4) is 0 Å². The maximum absolute atomic E-state index is 14.8. The van der Waals surface area contributed by atoms with Crippen molar-refractivity contribution in [2.24, 2.45) is 0 Å². The second-order valence-electron chi connectivity index (χ2n) is 9.40. The van der Waals surface area contributed by atoms with Crippen LogP contribution in [0.15, 0.2) is 55.1 Å². The van der Waals surface area contributed by atoms with Crippen LogP contribution in [0.3, 0.4) is 0 Å². The molecular weight excluding hydrogens is 516 g/mol. The lowest BCUT2D eigenvalue weighted by atomic mass is 9.86. The van der Waals surface area contributed by atoms with Gasteiger partial charge in [0.05, 0.1) is 6.54 Å². The van der Waals surface area contributed by atoms with E-state index in [4.69, 9.17) is 11.6 Å². The topological polar surface area (TPSA) is 101 Å². The molecule has 0 aliphatic carbocycles. The molecule has 1 aliphatic rings. The van der Waals surface area contributed by atoms with Gasteiger partial charge in [0.2, 0.25) is 0 Å². The third kappa shape index (κ3) is 5.66. The van der Waals surface area contributed by atoms with Crippen LogP contribution in [0.5, 0.6) is 0 Å². The van der Waals surface area contributed by atoms with Crippen molar-refractivity contribution in [2.75, 3.05) is 37.6 Å². The van der Waals surface area contributed by atoms with Crippen LogP contribution in [0, 0.1) is 11.6 Å². The summed E-state index contributed by atoms with van der Waals surface area (Å²) in [6.45, 7) is 5.86. The van der Waals surface area contributed by atoms with Crippen molar-refractivity contribution < 1.29 is 13.9 Å². The summed E-state index contributed by atoms with van der Waals surface area (Å²) in [4.78, 5) is 9.83. The van der Waals surface area contributed by atoms with Crippen molar-refractivity contribution >= 4 is 17.3 Å². The summed E-state index contributed by atoms with van der Waals surface area (Å²) in [5.74, 6) is -1.10. The van der Waals surface area contributed by atoms with Gasteiger partial charge in [-0.25, -0.2) is 18.4 Å². The summed E-state index contributed by atoms with van der Waals surface area (Å²) in [6, 6.07) is 10.1. The maximum atomic E-state index is 14.8. The van der Waals surface area contributed by atoms with Gasteiger partial charge in [0.15, 0.2) is 5.82 Å². The van der Waals surface area contributed by atoms with Crippen LogP contribution in [0.2, 0.25) is 5.02 Å². The molecule has 1 aliphatic heterocycles. The van der Waals surface area contributed by atoms with Crippen LogP contribution in [-0.4, -0.2) is 77.7 Å². The van der Waals surface area contributed by atoms with E-state index in [2.05, 4.69) is 35.3 Å². The monoisotopic (exact) mass is 543 g/mol. The number of benzene rings is 2. The van der Waals surface area contributed by atoms with Crippen molar-refractivity contribution in [1.82, 2.24) is 39.9 Å². The summed E-state index contributed by atoms with van der Waals surface area (Å²) in [6.07, 6.45) is 3.29.